The number of carbonyl (C=O) groups is 2. The molecule has 0 aliphatic carbocycles. The number of sulfone groups is 1. The fraction of sp³-hybridized carbons (Fsp3) is 0.579. The molecule has 2 aliphatic heterocycles. The molecule has 1 aromatic carbocycles. The van der Waals surface area contributed by atoms with Gasteiger partial charge in [-0.3, -0.25) is 9.59 Å². The smallest absolute Gasteiger partial charge is 0.242 e. The highest BCUT2D eigenvalue weighted by atomic mass is 32.2. The van der Waals surface area contributed by atoms with Crippen LogP contribution < -0.4 is 0 Å². The Kier molecular flexibility index (Phi) is 6.34. The molecule has 0 spiro atoms. The molecule has 7 nitrogen and oxygen atoms in total. The van der Waals surface area contributed by atoms with Gasteiger partial charge in [0.25, 0.3) is 0 Å². The van der Waals surface area contributed by atoms with Crippen molar-refractivity contribution >= 4 is 21.7 Å². The standard InChI is InChI=1S/C19H26FN3O4S/c1-21(17-7-11-28(26,27)14-17)8-6-18(24)23-10-9-22(19(25)13-23)12-15-2-4-16(20)5-3-15/h2-5,17H,6-14H2,1H3. The molecule has 0 radical (unpaired) electrons. The summed E-state index contributed by atoms with van der Waals surface area (Å²) in [5, 5.41) is 0. The largest absolute Gasteiger partial charge is 0.335 e. The molecule has 0 saturated carbocycles. The van der Waals surface area contributed by atoms with E-state index in [0.29, 0.717) is 32.6 Å². The summed E-state index contributed by atoms with van der Waals surface area (Å²) >= 11 is 0. The van der Waals surface area contributed by atoms with E-state index in [1.165, 1.54) is 12.1 Å². The van der Waals surface area contributed by atoms with Crippen molar-refractivity contribution in [3.63, 3.8) is 0 Å². The Morgan fingerprint density at radius 1 is 1.25 bits per heavy atom. The molecule has 154 valence electrons. The normalized spacial score (nSPS) is 22.1. The highest BCUT2D eigenvalue weighted by Gasteiger charge is 2.31. The van der Waals surface area contributed by atoms with Gasteiger partial charge in [-0.15, -0.1) is 0 Å². The van der Waals surface area contributed by atoms with Crippen molar-refractivity contribution in [1.29, 1.82) is 0 Å². The van der Waals surface area contributed by atoms with Crippen LogP contribution in [0.15, 0.2) is 24.3 Å². The van der Waals surface area contributed by atoms with Gasteiger partial charge in [-0.2, -0.15) is 0 Å². The second-order valence-corrected chi connectivity index (χ2v) is 9.77. The van der Waals surface area contributed by atoms with E-state index in [1.807, 2.05) is 11.9 Å². The molecule has 9 heteroatoms. The molecule has 3 rings (SSSR count). The van der Waals surface area contributed by atoms with Crippen molar-refractivity contribution in [1.82, 2.24) is 14.7 Å². The van der Waals surface area contributed by atoms with Gasteiger partial charge in [0.05, 0.1) is 18.1 Å². The molecular formula is C19H26FN3O4S. The average Bonchev–Trinajstić information content (AvgIpc) is 3.02. The first-order valence-corrected chi connectivity index (χ1v) is 11.3. The number of benzene rings is 1. The quantitative estimate of drug-likeness (QED) is 0.682. The lowest BCUT2D eigenvalue weighted by molar-refractivity contribution is -0.145. The minimum absolute atomic E-state index is 0.0352. The molecule has 0 aromatic heterocycles. The first-order valence-electron chi connectivity index (χ1n) is 9.44. The Balaban J connectivity index is 1.45. The van der Waals surface area contributed by atoms with Gasteiger partial charge in [0.1, 0.15) is 5.82 Å². The van der Waals surface area contributed by atoms with Gasteiger partial charge >= 0.3 is 0 Å². The van der Waals surface area contributed by atoms with Gasteiger partial charge in [0.2, 0.25) is 11.8 Å². The second kappa shape index (κ2) is 8.57. The van der Waals surface area contributed by atoms with Gasteiger partial charge in [0, 0.05) is 38.6 Å². The molecule has 1 unspecified atom stereocenters. The van der Waals surface area contributed by atoms with E-state index < -0.39 is 9.84 Å². The van der Waals surface area contributed by atoms with E-state index in [1.54, 1.807) is 21.9 Å². The third-order valence-corrected chi connectivity index (χ3v) is 7.22. The topological polar surface area (TPSA) is 78.0 Å². The van der Waals surface area contributed by atoms with Crippen LogP contribution in [-0.2, 0) is 26.0 Å². The molecule has 2 saturated heterocycles. The maximum Gasteiger partial charge on any atom is 0.242 e. The van der Waals surface area contributed by atoms with Crippen molar-refractivity contribution in [2.24, 2.45) is 0 Å². The third-order valence-electron chi connectivity index (χ3n) is 5.47. The number of hydrogen-bond acceptors (Lipinski definition) is 5. The van der Waals surface area contributed by atoms with E-state index in [2.05, 4.69) is 0 Å². The monoisotopic (exact) mass is 411 g/mol. The summed E-state index contributed by atoms with van der Waals surface area (Å²) in [5.41, 5.74) is 0.850. The highest BCUT2D eigenvalue weighted by molar-refractivity contribution is 7.91. The molecule has 0 bridgehead atoms. The molecule has 2 heterocycles. The van der Waals surface area contributed by atoms with Gasteiger partial charge in [0.15, 0.2) is 9.84 Å². The van der Waals surface area contributed by atoms with Gasteiger partial charge in [-0.05, 0) is 31.2 Å². The SMILES string of the molecule is CN(CCC(=O)N1CCN(Cc2ccc(F)cc2)C(=O)C1)C1CCS(=O)(=O)C1. The fourth-order valence-corrected chi connectivity index (χ4v) is 5.44. The van der Waals surface area contributed by atoms with Crippen LogP contribution in [0.3, 0.4) is 0 Å². The summed E-state index contributed by atoms with van der Waals surface area (Å²) < 4.78 is 36.2. The van der Waals surface area contributed by atoms with E-state index >= 15 is 0 Å². The first kappa shape index (κ1) is 20.7. The van der Waals surface area contributed by atoms with Crippen molar-refractivity contribution in [3.8, 4) is 0 Å². The van der Waals surface area contributed by atoms with Crippen molar-refractivity contribution < 1.29 is 22.4 Å². The lowest BCUT2D eigenvalue weighted by Crippen LogP contribution is -2.52. The van der Waals surface area contributed by atoms with Gasteiger partial charge < -0.3 is 14.7 Å². The lowest BCUT2D eigenvalue weighted by Gasteiger charge is -2.35. The van der Waals surface area contributed by atoms with Crippen LogP contribution in [0.2, 0.25) is 0 Å². The van der Waals surface area contributed by atoms with Crippen molar-refractivity contribution in [2.45, 2.75) is 25.4 Å². The molecule has 2 aliphatic rings. The third kappa shape index (κ3) is 5.29. The highest BCUT2D eigenvalue weighted by Crippen LogP contribution is 2.17. The maximum absolute atomic E-state index is 13.0. The Labute approximate surface area is 165 Å². The average molecular weight is 411 g/mol. The predicted octanol–water partition coefficient (Wildman–Crippen LogP) is 0.506. The van der Waals surface area contributed by atoms with E-state index in [-0.39, 0.29) is 48.1 Å². The zero-order valence-electron chi connectivity index (χ0n) is 16.0. The number of piperazine rings is 1. The summed E-state index contributed by atoms with van der Waals surface area (Å²) in [6.07, 6.45) is 0.867. The zero-order valence-corrected chi connectivity index (χ0v) is 16.8. The van der Waals surface area contributed by atoms with E-state index in [4.69, 9.17) is 0 Å². The summed E-state index contributed by atoms with van der Waals surface area (Å²) in [5.74, 6) is -0.175. The van der Waals surface area contributed by atoms with Crippen LogP contribution in [0.25, 0.3) is 0 Å². The van der Waals surface area contributed by atoms with Crippen LogP contribution in [-0.4, -0.2) is 85.7 Å². The molecular weight excluding hydrogens is 385 g/mol. The van der Waals surface area contributed by atoms with Crippen molar-refractivity contribution in [2.75, 3.05) is 44.7 Å². The number of halogens is 1. The van der Waals surface area contributed by atoms with Gasteiger partial charge in [-0.25, -0.2) is 12.8 Å². The molecule has 2 amide bonds. The number of amides is 2. The Morgan fingerprint density at radius 2 is 1.96 bits per heavy atom. The zero-order chi connectivity index (χ0) is 20.3. The summed E-state index contributed by atoms with van der Waals surface area (Å²) in [7, 11) is -1.11. The predicted molar refractivity (Wildman–Crippen MR) is 103 cm³/mol. The number of carbonyl (C=O) groups excluding carboxylic acids is 2. The molecule has 0 N–H and O–H groups in total. The van der Waals surface area contributed by atoms with Crippen LogP contribution in [0.4, 0.5) is 4.39 Å². The number of hydrogen-bond donors (Lipinski definition) is 0. The summed E-state index contributed by atoms with van der Waals surface area (Å²) in [6, 6.07) is 6.00. The minimum Gasteiger partial charge on any atom is -0.335 e. The van der Waals surface area contributed by atoms with Crippen LogP contribution in [0.5, 0.6) is 0 Å². The molecule has 2 fully saturated rings. The van der Waals surface area contributed by atoms with Crippen molar-refractivity contribution in [3.05, 3.63) is 35.6 Å². The molecule has 28 heavy (non-hydrogen) atoms. The molecule has 1 atom stereocenters. The minimum atomic E-state index is -2.95. The fourth-order valence-electron chi connectivity index (χ4n) is 3.63. The summed E-state index contributed by atoms with van der Waals surface area (Å²) in [4.78, 5) is 30.0. The Hall–Kier alpha value is -2.00. The van der Waals surface area contributed by atoms with E-state index in [0.717, 1.165) is 5.56 Å². The number of rotatable bonds is 6. The Morgan fingerprint density at radius 3 is 2.57 bits per heavy atom. The van der Waals surface area contributed by atoms with Crippen LogP contribution in [0.1, 0.15) is 18.4 Å². The second-order valence-electron chi connectivity index (χ2n) is 7.54. The van der Waals surface area contributed by atoms with E-state index in [9.17, 15) is 22.4 Å². The lowest BCUT2D eigenvalue weighted by atomic mass is 10.2. The molecule has 1 aromatic rings. The van der Waals surface area contributed by atoms with Crippen LogP contribution >= 0.6 is 0 Å². The Bertz CT molecular complexity index is 828. The summed E-state index contributed by atoms with van der Waals surface area (Å²) in [6.45, 7) is 1.83. The number of nitrogens with zero attached hydrogens (tertiary/aromatic N) is 3. The maximum atomic E-state index is 13.0. The first-order chi connectivity index (χ1) is 13.2. The van der Waals surface area contributed by atoms with Gasteiger partial charge in [-0.1, -0.05) is 12.1 Å². The van der Waals surface area contributed by atoms with Crippen LogP contribution in [0, 0.1) is 5.82 Å².